The van der Waals surface area contributed by atoms with E-state index in [1.54, 1.807) is 16.8 Å². The summed E-state index contributed by atoms with van der Waals surface area (Å²) in [7, 11) is -1.07. The van der Waals surface area contributed by atoms with E-state index in [0.717, 1.165) is 30.6 Å². The zero-order chi connectivity index (χ0) is 12.3. The van der Waals surface area contributed by atoms with Crippen molar-refractivity contribution in [3.8, 4) is 0 Å². The maximum absolute atomic E-state index is 12.1. The molecule has 0 aromatic carbocycles. The zero-order valence-electron chi connectivity index (χ0n) is 9.93. The minimum atomic E-state index is -2.92. The molecule has 1 aromatic rings. The van der Waals surface area contributed by atoms with Gasteiger partial charge in [0.2, 0.25) is 0 Å². The predicted octanol–water partition coefficient (Wildman–Crippen LogP) is 1.24. The van der Waals surface area contributed by atoms with Crippen LogP contribution in [0.4, 0.5) is 0 Å². The van der Waals surface area contributed by atoms with Crippen molar-refractivity contribution in [2.24, 2.45) is 0 Å². The van der Waals surface area contributed by atoms with E-state index < -0.39 is 9.84 Å². The first-order valence-corrected chi connectivity index (χ1v) is 8.49. The van der Waals surface area contributed by atoms with Crippen molar-refractivity contribution in [3.63, 3.8) is 0 Å². The first-order valence-electron chi connectivity index (χ1n) is 5.89. The smallest absolute Gasteiger partial charge is 0.154 e. The largest absolute Gasteiger partial charge is 0.315 e. The van der Waals surface area contributed by atoms with E-state index in [2.05, 4.69) is 10.3 Å². The van der Waals surface area contributed by atoms with Gasteiger partial charge in [-0.1, -0.05) is 6.42 Å². The average molecular weight is 274 g/mol. The maximum Gasteiger partial charge on any atom is 0.154 e. The molecular formula is C11H18N2O2S2. The third kappa shape index (κ3) is 3.05. The van der Waals surface area contributed by atoms with Crippen LogP contribution in [0.3, 0.4) is 0 Å². The van der Waals surface area contributed by atoms with Crippen LogP contribution in [0.2, 0.25) is 0 Å². The number of hydrogen-bond acceptors (Lipinski definition) is 5. The van der Waals surface area contributed by atoms with Gasteiger partial charge in [0, 0.05) is 17.1 Å². The van der Waals surface area contributed by atoms with Crippen LogP contribution >= 0.6 is 11.3 Å². The molecule has 1 saturated heterocycles. The van der Waals surface area contributed by atoms with Crippen LogP contribution in [0.15, 0.2) is 11.7 Å². The number of thiazole rings is 1. The molecule has 0 radical (unpaired) electrons. The Morgan fingerprint density at radius 1 is 1.59 bits per heavy atom. The summed E-state index contributed by atoms with van der Waals surface area (Å²) >= 11 is 1.58. The molecule has 1 aliphatic heterocycles. The van der Waals surface area contributed by atoms with Crippen molar-refractivity contribution in [1.29, 1.82) is 0 Å². The molecule has 1 fully saturated rings. The molecule has 0 saturated carbocycles. The number of nitrogens with zero attached hydrogens (tertiary/aromatic N) is 1. The Bertz CT molecular complexity index is 442. The lowest BCUT2D eigenvalue weighted by molar-refractivity contribution is 0.457. The molecule has 0 spiro atoms. The maximum atomic E-state index is 12.1. The van der Waals surface area contributed by atoms with Crippen molar-refractivity contribution < 1.29 is 8.42 Å². The van der Waals surface area contributed by atoms with Gasteiger partial charge in [-0.2, -0.15) is 0 Å². The topological polar surface area (TPSA) is 59.1 Å². The lowest BCUT2D eigenvalue weighted by Crippen LogP contribution is -2.46. The van der Waals surface area contributed by atoms with Crippen molar-refractivity contribution >= 4 is 21.2 Å². The highest BCUT2D eigenvalue weighted by Crippen LogP contribution is 2.24. The quantitative estimate of drug-likeness (QED) is 0.897. The van der Waals surface area contributed by atoms with Gasteiger partial charge in [-0.3, -0.25) is 4.98 Å². The second kappa shape index (κ2) is 5.46. The van der Waals surface area contributed by atoms with E-state index in [1.165, 1.54) is 0 Å². The standard InChI is InChI=1S/C11H18N2O2S2/c1-12-10(6-9-7-13-8-16-9)11-4-2-3-5-17(11,14)15/h7-8,10-12H,2-6H2,1H3. The summed E-state index contributed by atoms with van der Waals surface area (Å²) < 4.78 is 24.1. The second-order valence-corrected chi connectivity index (χ2v) is 7.78. The van der Waals surface area contributed by atoms with Gasteiger partial charge in [-0.25, -0.2) is 8.42 Å². The normalized spacial score (nSPS) is 25.6. The van der Waals surface area contributed by atoms with E-state index in [1.807, 2.05) is 13.2 Å². The monoisotopic (exact) mass is 274 g/mol. The van der Waals surface area contributed by atoms with E-state index in [0.29, 0.717) is 5.75 Å². The Balaban J connectivity index is 2.12. The number of likely N-dealkylation sites (N-methyl/N-ethyl adjacent to an activating group) is 1. The summed E-state index contributed by atoms with van der Waals surface area (Å²) in [6.07, 6.45) is 5.20. The van der Waals surface area contributed by atoms with E-state index in [-0.39, 0.29) is 11.3 Å². The number of sulfone groups is 1. The number of nitrogens with one attached hydrogen (secondary N) is 1. The molecule has 1 aliphatic rings. The van der Waals surface area contributed by atoms with Gasteiger partial charge in [0.25, 0.3) is 0 Å². The Kier molecular flexibility index (Phi) is 4.17. The molecule has 1 N–H and O–H groups in total. The Morgan fingerprint density at radius 2 is 2.41 bits per heavy atom. The lowest BCUT2D eigenvalue weighted by Gasteiger charge is -2.29. The number of aromatic nitrogens is 1. The van der Waals surface area contributed by atoms with E-state index in [4.69, 9.17) is 0 Å². The fraction of sp³-hybridized carbons (Fsp3) is 0.727. The van der Waals surface area contributed by atoms with Crippen LogP contribution in [0.5, 0.6) is 0 Å². The van der Waals surface area contributed by atoms with Crippen molar-refractivity contribution in [2.45, 2.75) is 37.0 Å². The van der Waals surface area contributed by atoms with Gasteiger partial charge < -0.3 is 5.32 Å². The Hall–Kier alpha value is -0.460. The fourth-order valence-electron chi connectivity index (χ4n) is 2.41. The molecule has 4 nitrogen and oxygen atoms in total. The van der Waals surface area contributed by atoms with Gasteiger partial charge in [0.05, 0.1) is 16.5 Å². The Morgan fingerprint density at radius 3 is 3.00 bits per heavy atom. The molecule has 2 unspecified atom stereocenters. The van der Waals surface area contributed by atoms with Gasteiger partial charge in [-0.05, 0) is 26.3 Å². The molecule has 6 heteroatoms. The van der Waals surface area contributed by atoms with Gasteiger partial charge >= 0.3 is 0 Å². The lowest BCUT2D eigenvalue weighted by atomic mass is 10.0. The molecular weight excluding hydrogens is 256 g/mol. The van der Waals surface area contributed by atoms with Gasteiger partial charge in [-0.15, -0.1) is 11.3 Å². The van der Waals surface area contributed by atoms with Gasteiger partial charge in [0.1, 0.15) is 0 Å². The van der Waals surface area contributed by atoms with Crippen molar-refractivity contribution in [1.82, 2.24) is 10.3 Å². The highest BCUT2D eigenvalue weighted by atomic mass is 32.2. The highest BCUT2D eigenvalue weighted by Gasteiger charge is 2.34. The van der Waals surface area contributed by atoms with Crippen LogP contribution in [0.1, 0.15) is 24.1 Å². The second-order valence-electron chi connectivity index (χ2n) is 4.47. The molecule has 17 heavy (non-hydrogen) atoms. The van der Waals surface area contributed by atoms with Crippen molar-refractivity contribution in [2.75, 3.05) is 12.8 Å². The fourth-order valence-corrected chi connectivity index (χ4v) is 5.23. The summed E-state index contributed by atoms with van der Waals surface area (Å²) in [6, 6.07) is 0.0146. The first-order chi connectivity index (χ1) is 8.13. The molecule has 0 amide bonds. The minimum absolute atomic E-state index is 0.0146. The van der Waals surface area contributed by atoms with Crippen molar-refractivity contribution in [3.05, 3.63) is 16.6 Å². The first kappa shape index (κ1) is 13.0. The zero-order valence-corrected chi connectivity index (χ0v) is 11.6. The van der Waals surface area contributed by atoms with Gasteiger partial charge in [0.15, 0.2) is 9.84 Å². The molecule has 0 bridgehead atoms. The van der Waals surface area contributed by atoms with Crippen LogP contribution in [0, 0.1) is 0 Å². The summed E-state index contributed by atoms with van der Waals surface area (Å²) in [5.74, 6) is 0.346. The van der Waals surface area contributed by atoms with Crippen LogP contribution in [-0.4, -0.2) is 37.5 Å². The molecule has 2 rings (SSSR count). The molecule has 0 aliphatic carbocycles. The highest BCUT2D eigenvalue weighted by molar-refractivity contribution is 7.92. The van der Waals surface area contributed by atoms with E-state index >= 15 is 0 Å². The van der Waals surface area contributed by atoms with E-state index in [9.17, 15) is 8.42 Å². The molecule has 2 heterocycles. The Labute approximate surface area is 106 Å². The van der Waals surface area contributed by atoms with Crippen LogP contribution < -0.4 is 5.32 Å². The summed E-state index contributed by atoms with van der Waals surface area (Å²) in [4.78, 5) is 5.18. The van der Waals surface area contributed by atoms with Crippen LogP contribution in [0.25, 0.3) is 0 Å². The predicted molar refractivity (Wildman–Crippen MR) is 70.1 cm³/mol. The summed E-state index contributed by atoms with van der Waals surface area (Å²) in [5, 5.41) is 2.93. The summed E-state index contributed by atoms with van der Waals surface area (Å²) in [6.45, 7) is 0. The molecule has 96 valence electrons. The number of hydrogen-bond donors (Lipinski definition) is 1. The molecule has 1 aromatic heterocycles. The third-order valence-corrected chi connectivity index (χ3v) is 6.50. The summed E-state index contributed by atoms with van der Waals surface area (Å²) in [5.41, 5.74) is 1.79. The third-order valence-electron chi connectivity index (χ3n) is 3.35. The average Bonchev–Trinajstić information content (AvgIpc) is 2.79. The SMILES string of the molecule is CNC(Cc1cncs1)C1CCCCS1(=O)=O. The number of rotatable bonds is 4. The minimum Gasteiger partial charge on any atom is -0.315 e. The van der Waals surface area contributed by atoms with Crippen LogP contribution in [-0.2, 0) is 16.3 Å². The molecule has 2 atom stereocenters.